The van der Waals surface area contributed by atoms with Gasteiger partial charge in [0.15, 0.2) is 0 Å². The zero-order valence-electron chi connectivity index (χ0n) is 47.9. The van der Waals surface area contributed by atoms with Crippen LogP contribution in [0.25, 0.3) is 0 Å². The molecule has 0 aliphatic rings. The SMILES string of the molecule is CCCCCCCCCCCCC(=O)OC(CCCCCCCC)CCCCCCCCC(=O)[O-].CCCCCCCCCCCCC(=O)OC(CCCCCCCC)CCCCCCCCC(=O)[O-].[Ca+2]. The maximum Gasteiger partial charge on any atom is 2.00 e. The molecule has 0 rings (SSSR count). The van der Waals surface area contributed by atoms with Gasteiger partial charge >= 0.3 is 49.7 Å². The summed E-state index contributed by atoms with van der Waals surface area (Å²) in [6, 6.07) is 0. The molecular weight excluding hydrogens is 913 g/mol. The molecule has 0 saturated carbocycles. The Morgan fingerprint density at radius 3 is 0.634 bits per heavy atom. The second-order valence-corrected chi connectivity index (χ2v) is 21.3. The number of rotatable bonds is 56. The molecule has 0 radical (unpaired) electrons. The quantitative estimate of drug-likeness (QED) is 0.0334. The average Bonchev–Trinajstić information content (AvgIpc) is 3.33. The molecule has 0 spiro atoms. The summed E-state index contributed by atoms with van der Waals surface area (Å²) in [5.74, 6) is -1.88. The molecule has 8 nitrogen and oxygen atoms in total. The van der Waals surface area contributed by atoms with E-state index in [4.69, 9.17) is 9.47 Å². The maximum absolute atomic E-state index is 12.4. The fourth-order valence-electron chi connectivity index (χ4n) is 9.53. The predicted octanol–water partition coefficient (Wildman–Crippen LogP) is 17.3. The van der Waals surface area contributed by atoms with Crippen LogP contribution < -0.4 is 10.2 Å². The van der Waals surface area contributed by atoms with Crippen molar-refractivity contribution in [3.63, 3.8) is 0 Å². The van der Waals surface area contributed by atoms with Gasteiger partial charge in [-0.1, -0.05) is 259 Å². The van der Waals surface area contributed by atoms with Gasteiger partial charge in [-0.3, -0.25) is 9.59 Å². The van der Waals surface area contributed by atoms with Crippen LogP contribution in [0, 0.1) is 0 Å². The molecule has 416 valence electrons. The number of unbranched alkanes of at least 4 members (excludes halogenated alkanes) is 38. The molecule has 0 aliphatic heterocycles. The van der Waals surface area contributed by atoms with Crippen LogP contribution >= 0.6 is 0 Å². The molecule has 0 heterocycles. The van der Waals surface area contributed by atoms with E-state index in [1.807, 2.05) is 0 Å². The van der Waals surface area contributed by atoms with E-state index in [1.54, 1.807) is 0 Å². The van der Waals surface area contributed by atoms with Gasteiger partial charge < -0.3 is 29.3 Å². The molecule has 0 saturated heterocycles. The minimum Gasteiger partial charge on any atom is -0.550 e. The zero-order chi connectivity index (χ0) is 51.6. The number of aliphatic carboxylic acids is 2. The Balaban J connectivity index is -0.00000128. The Kier molecular flexibility index (Phi) is 66.5. The van der Waals surface area contributed by atoms with Crippen LogP contribution in [-0.2, 0) is 28.7 Å². The largest absolute Gasteiger partial charge is 2.00 e. The van der Waals surface area contributed by atoms with Crippen LogP contribution in [0.4, 0.5) is 0 Å². The summed E-state index contributed by atoms with van der Waals surface area (Å²) in [5.41, 5.74) is 0. The van der Waals surface area contributed by atoms with E-state index in [2.05, 4.69) is 27.7 Å². The molecule has 9 heteroatoms. The van der Waals surface area contributed by atoms with Crippen molar-refractivity contribution < 1.29 is 38.9 Å². The van der Waals surface area contributed by atoms with Gasteiger partial charge in [0.05, 0.1) is 0 Å². The normalized spacial score (nSPS) is 11.9. The first-order valence-electron chi connectivity index (χ1n) is 31.0. The topological polar surface area (TPSA) is 133 Å². The third-order valence-electron chi connectivity index (χ3n) is 14.1. The van der Waals surface area contributed by atoms with Crippen molar-refractivity contribution in [2.75, 3.05) is 0 Å². The number of hydrogen-bond acceptors (Lipinski definition) is 8. The Morgan fingerprint density at radius 1 is 0.268 bits per heavy atom. The molecule has 2 atom stereocenters. The van der Waals surface area contributed by atoms with Crippen molar-refractivity contribution >= 4 is 61.6 Å². The Labute approximate surface area is 471 Å². The van der Waals surface area contributed by atoms with Gasteiger partial charge in [0.25, 0.3) is 0 Å². The number of carbonyl (C=O) groups is 4. The standard InChI is InChI=1S/2C31H60O4.Ca/c2*1-3-5-7-9-11-12-13-14-20-24-28-31(34)35-29(25-21-17-10-8-6-4-2)26-22-18-15-16-19-23-27-30(32)33;/h2*29H,3-28H2,1-2H3,(H,32,33);/q;;+2/p-2. The van der Waals surface area contributed by atoms with Crippen molar-refractivity contribution in [1.29, 1.82) is 0 Å². The van der Waals surface area contributed by atoms with E-state index in [9.17, 15) is 29.4 Å². The number of carboxylic acid groups (broad SMARTS) is 2. The zero-order valence-corrected chi connectivity index (χ0v) is 50.1. The van der Waals surface area contributed by atoms with Gasteiger partial charge in [0.2, 0.25) is 0 Å². The summed E-state index contributed by atoms with van der Waals surface area (Å²) >= 11 is 0. The van der Waals surface area contributed by atoms with E-state index < -0.39 is 11.9 Å². The van der Waals surface area contributed by atoms with Gasteiger partial charge in [-0.2, -0.15) is 0 Å². The van der Waals surface area contributed by atoms with Crippen LogP contribution in [-0.4, -0.2) is 73.8 Å². The number of carboxylic acids is 2. The van der Waals surface area contributed by atoms with Crippen molar-refractivity contribution in [2.45, 2.75) is 374 Å². The first-order valence-corrected chi connectivity index (χ1v) is 31.0. The molecule has 71 heavy (non-hydrogen) atoms. The second-order valence-electron chi connectivity index (χ2n) is 21.3. The van der Waals surface area contributed by atoms with Crippen molar-refractivity contribution in [1.82, 2.24) is 0 Å². The first kappa shape index (κ1) is 74.4. The van der Waals surface area contributed by atoms with Crippen LogP contribution in [0.3, 0.4) is 0 Å². The van der Waals surface area contributed by atoms with Gasteiger partial charge in [-0.05, 0) is 89.9 Å². The van der Waals surface area contributed by atoms with E-state index in [1.165, 1.54) is 167 Å². The number of ether oxygens (including phenoxy) is 2. The van der Waals surface area contributed by atoms with E-state index in [-0.39, 0.29) is 74.7 Å². The minimum absolute atomic E-state index is 0. The summed E-state index contributed by atoms with van der Waals surface area (Å²) in [6.45, 7) is 9.01. The maximum atomic E-state index is 12.4. The fourth-order valence-corrected chi connectivity index (χ4v) is 9.53. The summed E-state index contributed by atoms with van der Waals surface area (Å²) in [4.78, 5) is 45.8. The van der Waals surface area contributed by atoms with Gasteiger partial charge in [-0.25, -0.2) is 0 Å². The third kappa shape index (κ3) is 65.2. The smallest absolute Gasteiger partial charge is 0.550 e. The second kappa shape index (κ2) is 63.4. The molecule has 0 aromatic carbocycles. The first-order chi connectivity index (χ1) is 34.2. The molecular formula is C62H118CaO8. The Morgan fingerprint density at radius 2 is 0.437 bits per heavy atom. The van der Waals surface area contributed by atoms with Gasteiger partial charge in [0.1, 0.15) is 12.2 Å². The van der Waals surface area contributed by atoms with Crippen molar-refractivity contribution in [3.05, 3.63) is 0 Å². The van der Waals surface area contributed by atoms with Gasteiger partial charge in [-0.15, -0.1) is 0 Å². The monoisotopic (exact) mass is 1030 g/mol. The van der Waals surface area contributed by atoms with Crippen molar-refractivity contribution in [3.8, 4) is 0 Å². The van der Waals surface area contributed by atoms with E-state index in [0.29, 0.717) is 12.8 Å². The van der Waals surface area contributed by atoms with Crippen LogP contribution in [0.1, 0.15) is 362 Å². The predicted molar refractivity (Wildman–Crippen MR) is 298 cm³/mol. The van der Waals surface area contributed by atoms with Gasteiger partial charge in [0, 0.05) is 24.8 Å². The van der Waals surface area contributed by atoms with E-state index >= 15 is 0 Å². The summed E-state index contributed by atoms with van der Waals surface area (Å²) in [7, 11) is 0. The number of hydrogen-bond donors (Lipinski definition) is 0. The number of esters is 2. The average molecular weight is 1030 g/mol. The molecule has 0 aliphatic carbocycles. The molecule has 0 amide bonds. The third-order valence-corrected chi connectivity index (χ3v) is 14.1. The minimum atomic E-state index is -0.942. The fraction of sp³-hybridized carbons (Fsp3) is 0.935. The van der Waals surface area contributed by atoms with Crippen LogP contribution in [0.2, 0.25) is 0 Å². The molecule has 2 unspecified atom stereocenters. The molecule has 0 aromatic heterocycles. The molecule has 0 aromatic rings. The molecule has 0 fully saturated rings. The van der Waals surface area contributed by atoms with Crippen molar-refractivity contribution in [2.24, 2.45) is 0 Å². The summed E-state index contributed by atoms with van der Waals surface area (Å²) in [6.07, 6.45) is 58.6. The molecule has 0 N–H and O–H groups in total. The number of carbonyl (C=O) groups excluding carboxylic acids is 4. The molecule has 0 bridgehead atoms. The Bertz CT molecular complexity index is 1020. The van der Waals surface area contributed by atoms with Crippen LogP contribution in [0.15, 0.2) is 0 Å². The Hall–Kier alpha value is -0.860. The van der Waals surface area contributed by atoms with Crippen LogP contribution in [0.5, 0.6) is 0 Å². The van der Waals surface area contributed by atoms with E-state index in [0.717, 1.165) is 141 Å². The summed E-state index contributed by atoms with van der Waals surface area (Å²) in [5, 5.41) is 20.9. The summed E-state index contributed by atoms with van der Waals surface area (Å²) < 4.78 is 11.8.